The van der Waals surface area contributed by atoms with Gasteiger partial charge in [0.15, 0.2) is 0 Å². The van der Waals surface area contributed by atoms with Crippen molar-refractivity contribution in [2.75, 3.05) is 37.7 Å². The van der Waals surface area contributed by atoms with Gasteiger partial charge in [0.05, 0.1) is 18.9 Å². The van der Waals surface area contributed by atoms with Crippen LogP contribution in [0.1, 0.15) is 18.9 Å². The van der Waals surface area contributed by atoms with Crippen molar-refractivity contribution in [3.8, 4) is 0 Å². The van der Waals surface area contributed by atoms with Crippen molar-refractivity contribution in [2.45, 2.75) is 19.9 Å². The van der Waals surface area contributed by atoms with Crippen LogP contribution in [0, 0.1) is 0 Å². The van der Waals surface area contributed by atoms with Gasteiger partial charge in [-0.3, -0.25) is 0 Å². The van der Waals surface area contributed by atoms with Crippen LogP contribution in [0.25, 0.3) is 0 Å². The molecule has 1 saturated heterocycles. The first-order chi connectivity index (χ1) is 8.81. The van der Waals surface area contributed by atoms with Gasteiger partial charge in [0.1, 0.15) is 0 Å². The fourth-order valence-corrected chi connectivity index (χ4v) is 2.81. The first-order valence-electron chi connectivity index (χ1n) is 6.63. The maximum atomic E-state index is 5.38. The van der Waals surface area contributed by atoms with Crippen molar-refractivity contribution in [1.29, 1.82) is 0 Å². The van der Waals surface area contributed by atoms with Crippen LogP contribution in [0.15, 0.2) is 22.7 Å². The van der Waals surface area contributed by atoms with E-state index in [1.807, 2.05) is 0 Å². The molecule has 0 aliphatic carbocycles. The molecule has 0 spiro atoms. The van der Waals surface area contributed by atoms with Crippen LogP contribution in [0.4, 0.5) is 5.69 Å². The molecule has 100 valence electrons. The molecule has 18 heavy (non-hydrogen) atoms. The molecule has 1 aromatic rings. The van der Waals surface area contributed by atoms with E-state index in [-0.39, 0.29) is 0 Å². The summed E-state index contributed by atoms with van der Waals surface area (Å²) >= 11 is 3.68. The van der Waals surface area contributed by atoms with Gasteiger partial charge in [-0.2, -0.15) is 0 Å². The summed E-state index contributed by atoms with van der Waals surface area (Å²) in [6, 6.07) is 6.63. The summed E-state index contributed by atoms with van der Waals surface area (Å²) in [7, 11) is 0. The van der Waals surface area contributed by atoms with Gasteiger partial charge in [-0.05, 0) is 46.6 Å². The molecule has 4 heteroatoms. The number of hydrogen-bond acceptors (Lipinski definition) is 3. The summed E-state index contributed by atoms with van der Waals surface area (Å²) in [6.45, 7) is 7.81. The molecule has 1 fully saturated rings. The molecule has 3 nitrogen and oxygen atoms in total. The second-order valence-electron chi connectivity index (χ2n) is 4.56. The fourth-order valence-electron chi connectivity index (χ4n) is 2.13. The summed E-state index contributed by atoms with van der Waals surface area (Å²) in [6.07, 6.45) is 1.17. The number of halogens is 1. The van der Waals surface area contributed by atoms with Crippen LogP contribution in [0.3, 0.4) is 0 Å². The summed E-state index contributed by atoms with van der Waals surface area (Å²) in [5.74, 6) is 0. The Bertz CT molecular complexity index is 378. The molecule has 0 radical (unpaired) electrons. The Labute approximate surface area is 118 Å². The third-order valence-electron chi connectivity index (χ3n) is 3.12. The molecule has 0 amide bonds. The Hall–Kier alpha value is -0.580. The zero-order valence-electron chi connectivity index (χ0n) is 10.9. The Balaban J connectivity index is 2.00. The normalized spacial score (nSPS) is 16.0. The second-order valence-corrected chi connectivity index (χ2v) is 5.42. The quantitative estimate of drug-likeness (QED) is 0.846. The molecule has 1 aliphatic heterocycles. The molecule has 0 saturated carbocycles. The Kier molecular flexibility index (Phi) is 5.47. The lowest BCUT2D eigenvalue weighted by atomic mass is 10.2. The number of morpholine rings is 1. The SMILES string of the molecule is CCCNCc1ccc(N2CCOCC2)c(Br)c1. The van der Waals surface area contributed by atoms with Gasteiger partial charge >= 0.3 is 0 Å². The monoisotopic (exact) mass is 312 g/mol. The Morgan fingerprint density at radius 3 is 2.78 bits per heavy atom. The molecule has 0 bridgehead atoms. The third-order valence-corrected chi connectivity index (χ3v) is 3.75. The van der Waals surface area contributed by atoms with Gasteiger partial charge < -0.3 is 15.0 Å². The van der Waals surface area contributed by atoms with Gasteiger partial charge in [0, 0.05) is 24.1 Å². The summed E-state index contributed by atoms with van der Waals surface area (Å²) in [5, 5.41) is 3.42. The van der Waals surface area contributed by atoms with Gasteiger partial charge in [-0.25, -0.2) is 0 Å². The summed E-state index contributed by atoms with van der Waals surface area (Å²) < 4.78 is 6.56. The third kappa shape index (κ3) is 3.70. The minimum Gasteiger partial charge on any atom is -0.378 e. The zero-order valence-corrected chi connectivity index (χ0v) is 12.5. The van der Waals surface area contributed by atoms with E-state index in [1.54, 1.807) is 0 Å². The van der Waals surface area contributed by atoms with Crippen molar-refractivity contribution < 1.29 is 4.74 Å². The topological polar surface area (TPSA) is 24.5 Å². The van der Waals surface area contributed by atoms with E-state index in [0.29, 0.717) is 0 Å². The minimum atomic E-state index is 0.826. The van der Waals surface area contributed by atoms with Gasteiger partial charge in [0.25, 0.3) is 0 Å². The van der Waals surface area contributed by atoms with E-state index in [0.717, 1.165) is 39.4 Å². The van der Waals surface area contributed by atoms with E-state index in [1.165, 1.54) is 22.1 Å². The predicted molar refractivity (Wildman–Crippen MR) is 79.2 cm³/mol. The largest absolute Gasteiger partial charge is 0.378 e. The molecule has 0 aromatic heterocycles. The molecule has 2 rings (SSSR count). The maximum absolute atomic E-state index is 5.38. The summed E-state index contributed by atoms with van der Waals surface area (Å²) in [4.78, 5) is 2.37. The van der Waals surface area contributed by atoms with E-state index in [2.05, 4.69) is 51.3 Å². The molecular formula is C14H21BrN2O. The van der Waals surface area contributed by atoms with Crippen molar-refractivity contribution in [1.82, 2.24) is 5.32 Å². The van der Waals surface area contributed by atoms with E-state index in [4.69, 9.17) is 4.74 Å². The number of rotatable bonds is 5. The first kappa shape index (κ1) is 13.8. The minimum absolute atomic E-state index is 0.826. The molecular weight excluding hydrogens is 292 g/mol. The average molecular weight is 313 g/mol. The molecule has 0 atom stereocenters. The Morgan fingerprint density at radius 1 is 1.33 bits per heavy atom. The summed E-state index contributed by atoms with van der Waals surface area (Å²) in [5.41, 5.74) is 2.60. The van der Waals surface area contributed by atoms with Crippen molar-refractivity contribution >= 4 is 21.6 Å². The number of nitrogens with zero attached hydrogens (tertiary/aromatic N) is 1. The highest BCUT2D eigenvalue weighted by atomic mass is 79.9. The number of hydrogen-bond donors (Lipinski definition) is 1. The Morgan fingerprint density at radius 2 is 2.11 bits per heavy atom. The molecule has 1 aromatic carbocycles. The smallest absolute Gasteiger partial charge is 0.0642 e. The standard InChI is InChI=1S/C14H21BrN2O/c1-2-5-16-11-12-3-4-14(13(15)10-12)17-6-8-18-9-7-17/h3-4,10,16H,2,5-9,11H2,1H3. The van der Waals surface area contributed by atoms with E-state index >= 15 is 0 Å². The number of nitrogens with one attached hydrogen (secondary N) is 1. The highest BCUT2D eigenvalue weighted by molar-refractivity contribution is 9.10. The fraction of sp³-hybridized carbons (Fsp3) is 0.571. The van der Waals surface area contributed by atoms with Gasteiger partial charge in [0.2, 0.25) is 0 Å². The number of ether oxygens (including phenoxy) is 1. The van der Waals surface area contributed by atoms with Crippen LogP contribution >= 0.6 is 15.9 Å². The van der Waals surface area contributed by atoms with E-state index in [9.17, 15) is 0 Å². The number of benzene rings is 1. The second kappa shape index (κ2) is 7.12. The zero-order chi connectivity index (χ0) is 12.8. The van der Waals surface area contributed by atoms with Crippen molar-refractivity contribution in [3.05, 3.63) is 28.2 Å². The van der Waals surface area contributed by atoms with Crippen molar-refractivity contribution in [3.63, 3.8) is 0 Å². The van der Waals surface area contributed by atoms with E-state index < -0.39 is 0 Å². The lowest BCUT2D eigenvalue weighted by molar-refractivity contribution is 0.122. The van der Waals surface area contributed by atoms with Gasteiger partial charge in [-0.15, -0.1) is 0 Å². The predicted octanol–water partition coefficient (Wildman–Crippen LogP) is 2.79. The molecule has 0 unspecified atom stereocenters. The molecule has 1 heterocycles. The van der Waals surface area contributed by atoms with Crippen LogP contribution < -0.4 is 10.2 Å². The lowest BCUT2D eigenvalue weighted by Crippen LogP contribution is -2.36. The maximum Gasteiger partial charge on any atom is 0.0642 e. The molecule has 1 N–H and O–H groups in total. The lowest BCUT2D eigenvalue weighted by Gasteiger charge is -2.29. The highest BCUT2D eigenvalue weighted by Gasteiger charge is 2.13. The average Bonchev–Trinajstić information content (AvgIpc) is 2.40. The van der Waals surface area contributed by atoms with Crippen LogP contribution in [-0.4, -0.2) is 32.8 Å². The van der Waals surface area contributed by atoms with Crippen LogP contribution in [0.2, 0.25) is 0 Å². The highest BCUT2D eigenvalue weighted by Crippen LogP contribution is 2.28. The number of anilines is 1. The first-order valence-corrected chi connectivity index (χ1v) is 7.42. The van der Waals surface area contributed by atoms with Crippen LogP contribution in [-0.2, 0) is 11.3 Å². The van der Waals surface area contributed by atoms with Crippen LogP contribution in [0.5, 0.6) is 0 Å². The van der Waals surface area contributed by atoms with Gasteiger partial charge in [-0.1, -0.05) is 13.0 Å². The van der Waals surface area contributed by atoms with Crippen molar-refractivity contribution in [2.24, 2.45) is 0 Å². The molecule has 1 aliphatic rings.